The summed E-state index contributed by atoms with van der Waals surface area (Å²) >= 11 is 7.26. The molecule has 5 rings (SSSR count). The maximum absolute atomic E-state index is 13.6. The molecule has 0 bridgehead atoms. The van der Waals surface area contributed by atoms with Crippen molar-refractivity contribution in [2.24, 2.45) is 10.1 Å². The second kappa shape index (κ2) is 10.2. The van der Waals surface area contributed by atoms with Gasteiger partial charge in [0.1, 0.15) is 16.9 Å². The van der Waals surface area contributed by atoms with Gasteiger partial charge in [-0.2, -0.15) is 10.1 Å². The molecule has 0 radical (unpaired) electrons. The van der Waals surface area contributed by atoms with Gasteiger partial charge >= 0.3 is 0 Å². The smallest absolute Gasteiger partial charge is 0.262 e. The molecule has 36 heavy (non-hydrogen) atoms. The average molecular weight is 525 g/mol. The van der Waals surface area contributed by atoms with E-state index in [1.54, 1.807) is 53.5 Å². The third-order valence-electron chi connectivity index (χ3n) is 5.79. The van der Waals surface area contributed by atoms with E-state index in [-0.39, 0.29) is 30.0 Å². The average Bonchev–Trinajstić information content (AvgIpc) is 3.45. The Morgan fingerprint density at radius 3 is 2.39 bits per heavy atom. The number of anilines is 1. The van der Waals surface area contributed by atoms with Gasteiger partial charge in [0.05, 0.1) is 22.5 Å². The largest absolute Gasteiger partial charge is 0.325 e. The van der Waals surface area contributed by atoms with Gasteiger partial charge in [0.25, 0.3) is 5.91 Å². The van der Waals surface area contributed by atoms with E-state index in [9.17, 15) is 18.4 Å². The molecule has 3 aromatic rings. The monoisotopic (exact) mass is 524 g/mol. The Morgan fingerprint density at radius 2 is 1.69 bits per heavy atom. The Morgan fingerprint density at radius 1 is 1.03 bits per heavy atom. The van der Waals surface area contributed by atoms with E-state index in [4.69, 9.17) is 11.6 Å². The van der Waals surface area contributed by atoms with Crippen LogP contribution in [0.2, 0.25) is 5.02 Å². The molecule has 3 aromatic carbocycles. The van der Waals surface area contributed by atoms with Crippen molar-refractivity contribution in [3.63, 3.8) is 0 Å². The summed E-state index contributed by atoms with van der Waals surface area (Å²) in [7, 11) is 0. The molecule has 2 aliphatic rings. The number of aliphatic imine (C=N–C) groups is 1. The van der Waals surface area contributed by atoms with Crippen LogP contribution < -0.4 is 5.32 Å². The van der Waals surface area contributed by atoms with Crippen LogP contribution in [0.5, 0.6) is 0 Å². The van der Waals surface area contributed by atoms with Crippen molar-refractivity contribution in [1.29, 1.82) is 0 Å². The van der Waals surface area contributed by atoms with Crippen LogP contribution in [-0.4, -0.2) is 33.0 Å². The maximum atomic E-state index is 13.6. The number of rotatable bonds is 5. The number of halogens is 3. The van der Waals surface area contributed by atoms with Gasteiger partial charge in [-0.15, -0.1) is 0 Å². The van der Waals surface area contributed by atoms with Crippen molar-refractivity contribution in [3.8, 4) is 0 Å². The molecule has 0 fully saturated rings. The molecule has 182 valence electrons. The highest BCUT2D eigenvalue weighted by molar-refractivity contribution is 8.15. The zero-order valence-electron chi connectivity index (χ0n) is 18.7. The van der Waals surface area contributed by atoms with Crippen LogP contribution in [0.15, 0.2) is 82.9 Å². The van der Waals surface area contributed by atoms with E-state index >= 15 is 0 Å². The van der Waals surface area contributed by atoms with Crippen molar-refractivity contribution in [2.75, 3.05) is 5.32 Å². The first-order valence-electron chi connectivity index (χ1n) is 11.1. The van der Waals surface area contributed by atoms with Crippen molar-refractivity contribution in [3.05, 3.63) is 101 Å². The third-order valence-corrected chi connectivity index (χ3v) is 7.26. The lowest BCUT2D eigenvalue weighted by molar-refractivity contribution is -0.121. The summed E-state index contributed by atoms with van der Waals surface area (Å²) < 4.78 is 27.0. The highest BCUT2D eigenvalue weighted by atomic mass is 35.5. The first kappa shape index (κ1) is 24.1. The Hall–Kier alpha value is -3.56. The summed E-state index contributed by atoms with van der Waals surface area (Å²) in [4.78, 5) is 29.5. The molecule has 0 unspecified atom stereocenters. The van der Waals surface area contributed by atoms with Crippen molar-refractivity contribution < 1.29 is 18.4 Å². The summed E-state index contributed by atoms with van der Waals surface area (Å²) in [6, 6.07) is 18.5. The van der Waals surface area contributed by atoms with Crippen molar-refractivity contribution in [1.82, 2.24) is 5.01 Å². The molecule has 2 heterocycles. The van der Waals surface area contributed by atoms with E-state index in [1.807, 2.05) is 0 Å². The van der Waals surface area contributed by atoms with Crippen LogP contribution in [0.1, 0.15) is 30.0 Å². The number of carbonyl (C=O) groups excluding carboxylic acids is 2. The minimum atomic E-state index is -0.721. The van der Waals surface area contributed by atoms with Gasteiger partial charge < -0.3 is 5.32 Å². The van der Waals surface area contributed by atoms with Crippen LogP contribution in [0.3, 0.4) is 0 Å². The normalized spacial score (nSPS) is 19.3. The van der Waals surface area contributed by atoms with Crippen molar-refractivity contribution in [2.45, 2.75) is 24.1 Å². The lowest BCUT2D eigenvalue weighted by atomic mass is 9.98. The lowest BCUT2D eigenvalue weighted by Crippen LogP contribution is -2.25. The van der Waals surface area contributed by atoms with Gasteiger partial charge in [-0.1, -0.05) is 59.8 Å². The fourth-order valence-corrected chi connectivity index (χ4v) is 5.23. The Bertz CT molecular complexity index is 1380. The number of amides is 2. The van der Waals surface area contributed by atoms with Gasteiger partial charge in [-0.25, -0.2) is 13.8 Å². The number of benzene rings is 3. The molecule has 2 aliphatic heterocycles. The second-order valence-corrected chi connectivity index (χ2v) is 9.82. The molecule has 6 nitrogen and oxygen atoms in total. The first-order chi connectivity index (χ1) is 17.4. The predicted molar refractivity (Wildman–Crippen MR) is 137 cm³/mol. The summed E-state index contributed by atoms with van der Waals surface area (Å²) in [5, 5.41) is 9.06. The first-order valence-corrected chi connectivity index (χ1v) is 12.3. The summed E-state index contributed by atoms with van der Waals surface area (Å²) in [6.45, 7) is 0. The van der Waals surface area contributed by atoms with Gasteiger partial charge in [0, 0.05) is 12.8 Å². The zero-order chi connectivity index (χ0) is 25.2. The number of nitrogens with zero attached hydrogens (tertiary/aromatic N) is 3. The number of para-hydroxylation sites is 1. The highest BCUT2D eigenvalue weighted by Gasteiger charge is 2.39. The predicted octanol–water partition coefficient (Wildman–Crippen LogP) is 5.80. The van der Waals surface area contributed by atoms with E-state index < -0.39 is 11.2 Å². The number of carbonyl (C=O) groups is 2. The summed E-state index contributed by atoms with van der Waals surface area (Å²) in [5.74, 6) is -1.52. The van der Waals surface area contributed by atoms with Gasteiger partial charge in [0.2, 0.25) is 5.91 Å². The SMILES string of the molecule is O=C(C[C@H]1SC(N2N=C(c3ccc(F)cc3)C[C@H]2c2ccc(F)cc2)=NC1=O)Nc1ccccc1Cl. The van der Waals surface area contributed by atoms with Gasteiger partial charge in [-0.05, 0) is 47.5 Å². The Balaban J connectivity index is 1.36. The number of hydrazone groups is 1. The molecule has 2 atom stereocenters. The molecule has 0 spiro atoms. The third kappa shape index (κ3) is 5.17. The van der Waals surface area contributed by atoms with E-state index in [0.717, 1.165) is 22.9 Å². The molecule has 0 saturated heterocycles. The second-order valence-electron chi connectivity index (χ2n) is 8.24. The Kier molecular flexibility index (Phi) is 6.84. The summed E-state index contributed by atoms with van der Waals surface area (Å²) in [5.41, 5.74) is 2.66. The van der Waals surface area contributed by atoms with E-state index in [1.165, 1.54) is 24.3 Å². The van der Waals surface area contributed by atoms with Gasteiger partial charge in [0.15, 0.2) is 5.17 Å². The fourth-order valence-electron chi connectivity index (χ4n) is 3.98. The molecule has 1 N–H and O–H groups in total. The standard InChI is InChI=1S/C26H19ClF2N4O2S/c27-19-3-1-2-4-20(19)30-24(34)14-23-25(35)31-26(36-23)33-22(16-7-11-18(29)12-8-16)13-21(32-33)15-5-9-17(28)10-6-15/h1-12,22-23H,13-14H2,(H,30,34)/t22-,23+/m0/s1. The molecule has 10 heteroatoms. The number of hydrogen-bond donors (Lipinski definition) is 1. The molecule has 0 aliphatic carbocycles. The molecular formula is C26H19ClF2N4O2S. The van der Waals surface area contributed by atoms with E-state index in [0.29, 0.717) is 28.0 Å². The minimum absolute atomic E-state index is 0.0920. The maximum Gasteiger partial charge on any atom is 0.262 e. The lowest BCUT2D eigenvalue weighted by Gasteiger charge is -2.23. The molecule has 2 amide bonds. The topological polar surface area (TPSA) is 74.1 Å². The van der Waals surface area contributed by atoms with Crippen LogP contribution >= 0.6 is 23.4 Å². The van der Waals surface area contributed by atoms with Gasteiger partial charge in [-0.3, -0.25) is 9.59 Å². The van der Waals surface area contributed by atoms with Crippen LogP contribution in [0.4, 0.5) is 14.5 Å². The Labute approximate surface area is 215 Å². The minimum Gasteiger partial charge on any atom is -0.325 e. The number of amidine groups is 1. The fraction of sp³-hybridized carbons (Fsp3) is 0.154. The summed E-state index contributed by atoms with van der Waals surface area (Å²) in [6.07, 6.45) is 0.355. The quantitative estimate of drug-likeness (QED) is 0.458. The number of thioether (sulfide) groups is 1. The number of hydrogen-bond acceptors (Lipinski definition) is 5. The molecule has 0 aromatic heterocycles. The molecule has 0 saturated carbocycles. The van der Waals surface area contributed by atoms with Crippen molar-refractivity contribution >= 4 is 51.7 Å². The number of nitrogens with one attached hydrogen (secondary N) is 1. The van der Waals surface area contributed by atoms with Crippen LogP contribution in [-0.2, 0) is 9.59 Å². The zero-order valence-corrected chi connectivity index (χ0v) is 20.3. The molecular weight excluding hydrogens is 506 g/mol. The van der Waals surface area contributed by atoms with E-state index in [2.05, 4.69) is 15.4 Å². The van der Waals surface area contributed by atoms with Crippen LogP contribution in [0.25, 0.3) is 0 Å². The highest BCUT2D eigenvalue weighted by Crippen LogP contribution is 2.38. The van der Waals surface area contributed by atoms with Crippen LogP contribution in [0, 0.1) is 11.6 Å².